The number of anilines is 1. The summed E-state index contributed by atoms with van der Waals surface area (Å²) in [6.07, 6.45) is 1.65. The summed E-state index contributed by atoms with van der Waals surface area (Å²) in [4.78, 5) is 28.9. The van der Waals surface area contributed by atoms with Crippen LogP contribution >= 0.6 is 0 Å². The van der Waals surface area contributed by atoms with Gasteiger partial charge >= 0.3 is 5.69 Å². The van der Waals surface area contributed by atoms with E-state index in [1.807, 2.05) is 19.1 Å². The summed E-state index contributed by atoms with van der Waals surface area (Å²) in [5.41, 5.74) is 6.32. The van der Waals surface area contributed by atoms with E-state index >= 15 is 0 Å². The number of rotatable bonds is 2. The second kappa shape index (κ2) is 4.25. The van der Waals surface area contributed by atoms with Crippen LogP contribution in [0.25, 0.3) is 0 Å². The fourth-order valence-corrected chi connectivity index (χ4v) is 1.54. The van der Waals surface area contributed by atoms with Crippen molar-refractivity contribution in [2.45, 2.75) is 13.5 Å². The Hall–Kier alpha value is -2.37. The van der Waals surface area contributed by atoms with Crippen LogP contribution in [0.15, 0.2) is 34.0 Å². The minimum Gasteiger partial charge on any atom is -0.385 e. The minimum absolute atomic E-state index is 0.129. The van der Waals surface area contributed by atoms with Gasteiger partial charge < -0.3 is 5.73 Å². The molecule has 0 spiro atoms. The molecule has 0 aromatic carbocycles. The highest BCUT2D eigenvalue weighted by molar-refractivity contribution is 5.28. The SMILES string of the molecule is Cc1cccnc1Cn1c(N)cc(=O)[nH]c1=O. The number of aromatic amines is 1. The number of aromatic nitrogens is 3. The van der Waals surface area contributed by atoms with Crippen molar-refractivity contribution in [2.75, 3.05) is 5.73 Å². The van der Waals surface area contributed by atoms with Crippen LogP contribution in [0, 0.1) is 6.92 Å². The molecule has 2 aromatic heterocycles. The summed E-state index contributed by atoms with van der Waals surface area (Å²) in [5, 5.41) is 0. The maximum Gasteiger partial charge on any atom is 0.330 e. The lowest BCUT2D eigenvalue weighted by molar-refractivity contribution is 0.712. The zero-order chi connectivity index (χ0) is 12.4. The fraction of sp³-hybridized carbons (Fsp3) is 0.182. The van der Waals surface area contributed by atoms with Gasteiger partial charge in [-0.15, -0.1) is 0 Å². The van der Waals surface area contributed by atoms with Crippen LogP contribution in [-0.4, -0.2) is 14.5 Å². The molecule has 0 saturated heterocycles. The molecule has 0 radical (unpaired) electrons. The van der Waals surface area contributed by atoms with Crippen LogP contribution in [0.3, 0.4) is 0 Å². The van der Waals surface area contributed by atoms with E-state index in [-0.39, 0.29) is 12.4 Å². The van der Waals surface area contributed by atoms with Crippen molar-refractivity contribution in [3.05, 3.63) is 56.5 Å². The zero-order valence-corrected chi connectivity index (χ0v) is 9.30. The first kappa shape index (κ1) is 11.1. The Morgan fingerprint density at radius 1 is 1.47 bits per heavy atom. The van der Waals surface area contributed by atoms with E-state index in [2.05, 4.69) is 9.97 Å². The summed E-state index contributed by atoms with van der Waals surface area (Å²) in [5.74, 6) is 0.129. The lowest BCUT2D eigenvalue weighted by atomic mass is 10.2. The molecule has 3 N–H and O–H groups in total. The second-order valence-electron chi connectivity index (χ2n) is 3.72. The van der Waals surface area contributed by atoms with E-state index in [0.717, 1.165) is 11.3 Å². The first-order chi connectivity index (χ1) is 8.08. The van der Waals surface area contributed by atoms with Gasteiger partial charge in [0.25, 0.3) is 5.56 Å². The lowest BCUT2D eigenvalue weighted by Crippen LogP contribution is -2.32. The van der Waals surface area contributed by atoms with Crippen molar-refractivity contribution < 1.29 is 0 Å². The average Bonchev–Trinajstić information content (AvgIpc) is 2.25. The highest BCUT2D eigenvalue weighted by Crippen LogP contribution is 2.06. The molecular formula is C11H12N4O2. The quantitative estimate of drug-likeness (QED) is 0.754. The van der Waals surface area contributed by atoms with E-state index < -0.39 is 11.2 Å². The highest BCUT2D eigenvalue weighted by atomic mass is 16.2. The first-order valence-electron chi connectivity index (χ1n) is 5.08. The second-order valence-corrected chi connectivity index (χ2v) is 3.72. The van der Waals surface area contributed by atoms with Crippen LogP contribution in [0.2, 0.25) is 0 Å². The number of hydrogen-bond acceptors (Lipinski definition) is 4. The molecule has 0 saturated carbocycles. The molecule has 6 heteroatoms. The van der Waals surface area contributed by atoms with Crippen molar-refractivity contribution in [1.29, 1.82) is 0 Å². The maximum absolute atomic E-state index is 11.6. The first-order valence-corrected chi connectivity index (χ1v) is 5.08. The zero-order valence-electron chi connectivity index (χ0n) is 9.30. The van der Waals surface area contributed by atoms with Gasteiger partial charge in [0.05, 0.1) is 12.2 Å². The third kappa shape index (κ3) is 2.25. The minimum atomic E-state index is -0.528. The fourth-order valence-electron chi connectivity index (χ4n) is 1.54. The molecule has 0 fully saturated rings. The number of pyridine rings is 1. The van der Waals surface area contributed by atoms with Gasteiger partial charge in [-0.05, 0) is 18.6 Å². The van der Waals surface area contributed by atoms with Crippen LogP contribution < -0.4 is 17.0 Å². The molecule has 0 amide bonds. The predicted molar refractivity (Wildman–Crippen MR) is 63.8 cm³/mol. The third-order valence-electron chi connectivity index (χ3n) is 2.49. The molecule has 0 aliphatic rings. The van der Waals surface area contributed by atoms with Crippen molar-refractivity contribution in [3.8, 4) is 0 Å². The number of aryl methyl sites for hydroxylation is 1. The van der Waals surface area contributed by atoms with Gasteiger partial charge in [0.2, 0.25) is 0 Å². The molecule has 2 rings (SSSR count). The maximum atomic E-state index is 11.6. The van der Waals surface area contributed by atoms with Gasteiger partial charge in [0, 0.05) is 12.3 Å². The Morgan fingerprint density at radius 2 is 2.24 bits per heavy atom. The van der Waals surface area contributed by atoms with Crippen LogP contribution in [0.4, 0.5) is 5.82 Å². The number of nitrogens with two attached hydrogens (primary N) is 1. The molecule has 17 heavy (non-hydrogen) atoms. The molecule has 0 bridgehead atoms. The van der Waals surface area contributed by atoms with Crippen LogP contribution in [0.5, 0.6) is 0 Å². The van der Waals surface area contributed by atoms with E-state index in [9.17, 15) is 9.59 Å². The average molecular weight is 232 g/mol. The van der Waals surface area contributed by atoms with Crippen molar-refractivity contribution in [3.63, 3.8) is 0 Å². The third-order valence-corrected chi connectivity index (χ3v) is 2.49. The number of nitrogen functional groups attached to an aromatic ring is 1. The molecular weight excluding hydrogens is 220 g/mol. The lowest BCUT2D eigenvalue weighted by Gasteiger charge is -2.09. The number of nitrogens with zero attached hydrogens (tertiary/aromatic N) is 2. The summed E-state index contributed by atoms with van der Waals surface area (Å²) < 4.78 is 1.27. The van der Waals surface area contributed by atoms with Gasteiger partial charge in [0.15, 0.2) is 0 Å². The van der Waals surface area contributed by atoms with E-state index in [4.69, 9.17) is 5.73 Å². The van der Waals surface area contributed by atoms with Crippen LogP contribution in [0.1, 0.15) is 11.3 Å². The Labute approximate surface area is 96.8 Å². The van der Waals surface area contributed by atoms with Gasteiger partial charge in [-0.2, -0.15) is 0 Å². The predicted octanol–water partition coefficient (Wildman–Crippen LogP) is -0.129. The largest absolute Gasteiger partial charge is 0.385 e. The van der Waals surface area contributed by atoms with Gasteiger partial charge in [-0.1, -0.05) is 6.07 Å². The Morgan fingerprint density at radius 3 is 2.88 bits per heavy atom. The monoisotopic (exact) mass is 232 g/mol. The van der Waals surface area contributed by atoms with Gasteiger partial charge in [0.1, 0.15) is 5.82 Å². The van der Waals surface area contributed by atoms with Crippen molar-refractivity contribution in [1.82, 2.24) is 14.5 Å². The summed E-state index contributed by atoms with van der Waals surface area (Å²) >= 11 is 0. The van der Waals surface area contributed by atoms with E-state index in [1.165, 1.54) is 10.6 Å². The summed E-state index contributed by atoms with van der Waals surface area (Å²) in [7, 11) is 0. The molecule has 6 nitrogen and oxygen atoms in total. The normalized spacial score (nSPS) is 10.4. The Balaban J connectivity index is 2.48. The van der Waals surface area contributed by atoms with Crippen molar-refractivity contribution in [2.24, 2.45) is 0 Å². The molecule has 2 aromatic rings. The van der Waals surface area contributed by atoms with E-state index in [1.54, 1.807) is 6.20 Å². The topological polar surface area (TPSA) is 93.8 Å². The molecule has 0 aliphatic heterocycles. The Kier molecular flexibility index (Phi) is 2.78. The Bertz CT molecular complexity index is 657. The standard InChI is InChI=1S/C11H12N4O2/c1-7-3-2-4-13-8(7)6-15-9(12)5-10(16)14-11(15)17/h2-5H,6,12H2,1H3,(H,14,16,17). The number of nitrogens with one attached hydrogen (secondary N) is 1. The molecule has 0 unspecified atom stereocenters. The molecule has 2 heterocycles. The smallest absolute Gasteiger partial charge is 0.330 e. The molecule has 0 aliphatic carbocycles. The summed E-state index contributed by atoms with van der Waals surface area (Å²) in [6, 6.07) is 4.90. The number of hydrogen-bond donors (Lipinski definition) is 2. The highest BCUT2D eigenvalue weighted by Gasteiger charge is 2.06. The molecule has 88 valence electrons. The van der Waals surface area contributed by atoms with Crippen LogP contribution in [-0.2, 0) is 6.54 Å². The van der Waals surface area contributed by atoms with Gasteiger partial charge in [-0.25, -0.2) is 4.79 Å². The van der Waals surface area contributed by atoms with E-state index in [0.29, 0.717) is 0 Å². The van der Waals surface area contributed by atoms with Crippen molar-refractivity contribution >= 4 is 5.82 Å². The number of H-pyrrole nitrogens is 1. The van der Waals surface area contributed by atoms with Gasteiger partial charge in [-0.3, -0.25) is 19.3 Å². The molecule has 0 atom stereocenters. The summed E-state index contributed by atoms with van der Waals surface area (Å²) in [6.45, 7) is 2.14.